The highest BCUT2D eigenvalue weighted by atomic mass is 16.3. The van der Waals surface area contributed by atoms with Gasteiger partial charge in [0.2, 0.25) is 0 Å². The molecule has 0 aromatic rings. The Morgan fingerprint density at radius 2 is 1.71 bits per heavy atom. The van der Waals surface area contributed by atoms with Crippen molar-refractivity contribution in [1.29, 1.82) is 0 Å². The van der Waals surface area contributed by atoms with E-state index < -0.39 is 11.7 Å². The Balaban J connectivity index is 2.35. The van der Waals surface area contributed by atoms with E-state index in [9.17, 15) is 10.2 Å². The van der Waals surface area contributed by atoms with Crippen LogP contribution in [0.15, 0.2) is 0 Å². The maximum Gasteiger partial charge on any atom is 0.0908 e. The molecule has 0 aromatic carbocycles. The van der Waals surface area contributed by atoms with Crippen molar-refractivity contribution in [2.75, 3.05) is 0 Å². The van der Waals surface area contributed by atoms with Crippen molar-refractivity contribution in [2.24, 2.45) is 5.92 Å². The number of aliphatic hydroxyl groups is 2. The average Bonchev–Trinajstić information content (AvgIpc) is 2.29. The highest BCUT2D eigenvalue weighted by molar-refractivity contribution is 4.96. The van der Waals surface area contributed by atoms with Gasteiger partial charge in [-0.3, -0.25) is 0 Å². The van der Waals surface area contributed by atoms with Crippen LogP contribution in [0.25, 0.3) is 0 Å². The van der Waals surface area contributed by atoms with Gasteiger partial charge in [0.1, 0.15) is 0 Å². The molecule has 0 saturated heterocycles. The van der Waals surface area contributed by atoms with E-state index in [0.717, 1.165) is 38.5 Å². The molecule has 0 amide bonds. The van der Waals surface area contributed by atoms with Crippen LogP contribution in [-0.4, -0.2) is 21.9 Å². The Hall–Kier alpha value is -0.0800. The molecule has 0 bridgehead atoms. The maximum absolute atomic E-state index is 10.3. The fourth-order valence-electron chi connectivity index (χ4n) is 2.94. The molecule has 0 spiro atoms. The standard InChI is InChI=1S/C15H30O2/c1-3-5-6-7-10-13(9-4-2)14(16)15(17)11-8-12-15/h13-14,16-17H,3-12H2,1-2H3. The smallest absolute Gasteiger partial charge is 0.0908 e. The van der Waals surface area contributed by atoms with Gasteiger partial charge in [-0.25, -0.2) is 0 Å². The van der Waals surface area contributed by atoms with Crippen LogP contribution in [0.3, 0.4) is 0 Å². The van der Waals surface area contributed by atoms with Crippen LogP contribution in [0.5, 0.6) is 0 Å². The summed E-state index contributed by atoms with van der Waals surface area (Å²) in [4.78, 5) is 0. The van der Waals surface area contributed by atoms with Crippen molar-refractivity contribution in [1.82, 2.24) is 0 Å². The second-order valence-electron chi connectivity index (χ2n) is 5.80. The molecule has 17 heavy (non-hydrogen) atoms. The van der Waals surface area contributed by atoms with Crippen LogP contribution >= 0.6 is 0 Å². The molecule has 2 N–H and O–H groups in total. The minimum atomic E-state index is -0.745. The second-order valence-corrected chi connectivity index (χ2v) is 5.80. The van der Waals surface area contributed by atoms with Crippen molar-refractivity contribution in [3.8, 4) is 0 Å². The molecule has 102 valence electrons. The lowest BCUT2D eigenvalue weighted by molar-refractivity contribution is -0.148. The van der Waals surface area contributed by atoms with Gasteiger partial charge in [-0.05, 0) is 38.0 Å². The third-order valence-electron chi connectivity index (χ3n) is 4.30. The average molecular weight is 242 g/mol. The third-order valence-corrected chi connectivity index (χ3v) is 4.30. The summed E-state index contributed by atoms with van der Waals surface area (Å²) in [6, 6.07) is 0. The topological polar surface area (TPSA) is 40.5 Å². The van der Waals surface area contributed by atoms with Crippen molar-refractivity contribution < 1.29 is 10.2 Å². The molecule has 0 aromatic heterocycles. The van der Waals surface area contributed by atoms with E-state index in [4.69, 9.17) is 0 Å². The summed E-state index contributed by atoms with van der Waals surface area (Å²) in [5.41, 5.74) is -0.745. The Labute approximate surface area is 106 Å². The summed E-state index contributed by atoms with van der Waals surface area (Å²) in [5, 5.41) is 20.6. The highest BCUT2D eigenvalue weighted by Crippen LogP contribution is 2.39. The predicted octanol–water partition coefficient (Wildman–Crippen LogP) is 3.65. The van der Waals surface area contributed by atoms with E-state index >= 15 is 0 Å². The van der Waals surface area contributed by atoms with Gasteiger partial charge in [0, 0.05) is 0 Å². The zero-order valence-electron chi connectivity index (χ0n) is 11.6. The van der Waals surface area contributed by atoms with Crippen molar-refractivity contribution in [2.45, 2.75) is 89.8 Å². The molecule has 2 heteroatoms. The Morgan fingerprint density at radius 3 is 2.18 bits per heavy atom. The molecule has 2 atom stereocenters. The second kappa shape index (κ2) is 7.38. The zero-order valence-corrected chi connectivity index (χ0v) is 11.6. The first-order valence-electron chi connectivity index (χ1n) is 7.54. The van der Waals surface area contributed by atoms with E-state index in [2.05, 4.69) is 13.8 Å². The molecule has 1 aliphatic rings. The molecule has 2 unspecified atom stereocenters. The van der Waals surface area contributed by atoms with Gasteiger partial charge in [-0.2, -0.15) is 0 Å². The van der Waals surface area contributed by atoms with Gasteiger partial charge < -0.3 is 10.2 Å². The molecule has 1 rings (SSSR count). The van der Waals surface area contributed by atoms with Gasteiger partial charge in [0.05, 0.1) is 11.7 Å². The normalized spacial score (nSPS) is 21.9. The number of hydrogen-bond acceptors (Lipinski definition) is 2. The molecule has 1 saturated carbocycles. The van der Waals surface area contributed by atoms with Crippen LogP contribution in [0.1, 0.15) is 78.1 Å². The van der Waals surface area contributed by atoms with Crippen LogP contribution in [-0.2, 0) is 0 Å². The van der Waals surface area contributed by atoms with Gasteiger partial charge >= 0.3 is 0 Å². The van der Waals surface area contributed by atoms with Crippen LogP contribution in [0.2, 0.25) is 0 Å². The number of aliphatic hydroxyl groups excluding tert-OH is 1. The van der Waals surface area contributed by atoms with Gasteiger partial charge in [-0.1, -0.05) is 46.0 Å². The van der Waals surface area contributed by atoms with E-state index in [1.807, 2.05) is 0 Å². The predicted molar refractivity (Wildman–Crippen MR) is 72.0 cm³/mol. The quantitative estimate of drug-likeness (QED) is 0.606. The number of rotatable bonds is 9. The lowest BCUT2D eigenvalue weighted by atomic mass is 9.70. The molecule has 1 fully saturated rings. The van der Waals surface area contributed by atoms with Crippen molar-refractivity contribution >= 4 is 0 Å². The lowest BCUT2D eigenvalue weighted by Gasteiger charge is -2.44. The first-order valence-corrected chi connectivity index (χ1v) is 7.54. The van der Waals surface area contributed by atoms with Gasteiger partial charge in [0.25, 0.3) is 0 Å². The minimum Gasteiger partial charge on any atom is -0.390 e. The summed E-state index contributed by atoms with van der Waals surface area (Å²) in [6.07, 6.45) is 10.4. The summed E-state index contributed by atoms with van der Waals surface area (Å²) in [5.74, 6) is 0.308. The van der Waals surface area contributed by atoms with Gasteiger partial charge in [0.15, 0.2) is 0 Å². The fourth-order valence-corrected chi connectivity index (χ4v) is 2.94. The third kappa shape index (κ3) is 4.26. The SMILES string of the molecule is CCCCCCC(CCC)C(O)C1(O)CCC1. The van der Waals surface area contributed by atoms with E-state index in [1.54, 1.807) is 0 Å². The number of hydrogen-bond donors (Lipinski definition) is 2. The molecule has 0 radical (unpaired) electrons. The lowest BCUT2D eigenvalue weighted by Crippen LogP contribution is -2.51. The highest BCUT2D eigenvalue weighted by Gasteiger charge is 2.44. The molecule has 0 aliphatic heterocycles. The largest absolute Gasteiger partial charge is 0.390 e. The van der Waals surface area contributed by atoms with Crippen molar-refractivity contribution in [3.63, 3.8) is 0 Å². The number of unbranched alkanes of at least 4 members (excludes halogenated alkanes) is 3. The van der Waals surface area contributed by atoms with Crippen LogP contribution in [0.4, 0.5) is 0 Å². The summed E-state index contributed by atoms with van der Waals surface area (Å²) < 4.78 is 0. The molecule has 2 nitrogen and oxygen atoms in total. The fraction of sp³-hybridized carbons (Fsp3) is 1.00. The molecular formula is C15H30O2. The summed E-state index contributed by atoms with van der Waals surface area (Å²) >= 11 is 0. The maximum atomic E-state index is 10.3. The van der Waals surface area contributed by atoms with Crippen LogP contribution in [0, 0.1) is 5.92 Å². The summed E-state index contributed by atoms with van der Waals surface area (Å²) in [6.45, 7) is 4.38. The van der Waals surface area contributed by atoms with E-state index in [-0.39, 0.29) is 0 Å². The molecule has 1 aliphatic carbocycles. The minimum absolute atomic E-state index is 0.308. The molecule has 0 heterocycles. The Kier molecular flexibility index (Phi) is 6.50. The first kappa shape index (κ1) is 15.0. The summed E-state index contributed by atoms with van der Waals surface area (Å²) in [7, 11) is 0. The Bertz CT molecular complexity index is 199. The van der Waals surface area contributed by atoms with E-state index in [1.165, 1.54) is 25.7 Å². The van der Waals surface area contributed by atoms with Crippen LogP contribution < -0.4 is 0 Å². The monoisotopic (exact) mass is 242 g/mol. The zero-order chi connectivity index (χ0) is 12.7. The molecular weight excluding hydrogens is 212 g/mol. The Morgan fingerprint density at radius 1 is 1.00 bits per heavy atom. The van der Waals surface area contributed by atoms with Crippen molar-refractivity contribution in [3.05, 3.63) is 0 Å². The first-order chi connectivity index (χ1) is 8.14. The van der Waals surface area contributed by atoms with E-state index in [0.29, 0.717) is 5.92 Å². The van der Waals surface area contributed by atoms with Gasteiger partial charge in [-0.15, -0.1) is 0 Å².